The summed E-state index contributed by atoms with van der Waals surface area (Å²) in [7, 11) is 0. The van der Waals surface area contributed by atoms with Crippen LogP contribution in [0.1, 0.15) is 37.2 Å². The maximum absolute atomic E-state index is 11.8. The number of hydrogen-bond acceptors (Lipinski definition) is 2. The molecule has 2 fully saturated rings. The maximum Gasteiger partial charge on any atom is 0.247 e. The fourth-order valence-corrected chi connectivity index (χ4v) is 3.78. The standard InChI is InChI=1S/C15H19NO2/c17-15(16-18)14-12(10-6-2-1-3-7-10)13(14)11-8-4-5-9-11/h1-3,6-7,11-14,18H,4-5,8-9H2,(H,16,17). The molecule has 0 bridgehead atoms. The van der Waals surface area contributed by atoms with E-state index < -0.39 is 0 Å². The van der Waals surface area contributed by atoms with Gasteiger partial charge in [0.05, 0.1) is 5.92 Å². The Morgan fingerprint density at radius 3 is 2.44 bits per heavy atom. The summed E-state index contributed by atoms with van der Waals surface area (Å²) in [5, 5.41) is 8.87. The van der Waals surface area contributed by atoms with Gasteiger partial charge in [-0.3, -0.25) is 10.0 Å². The van der Waals surface area contributed by atoms with Crippen molar-refractivity contribution in [3.05, 3.63) is 35.9 Å². The highest BCUT2D eigenvalue weighted by Gasteiger charge is 2.58. The van der Waals surface area contributed by atoms with Crippen LogP contribution in [0.2, 0.25) is 0 Å². The average molecular weight is 245 g/mol. The first-order valence-corrected chi connectivity index (χ1v) is 6.82. The van der Waals surface area contributed by atoms with Gasteiger partial charge in [0.25, 0.3) is 0 Å². The van der Waals surface area contributed by atoms with Crippen molar-refractivity contribution in [2.24, 2.45) is 17.8 Å². The maximum atomic E-state index is 11.8. The van der Waals surface area contributed by atoms with Crippen LogP contribution in [-0.2, 0) is 4.79 Å². The molecule has 3 atom stereocenters. The Kier molecular flexibility index (Phi) is 3.08. The number of nitrogens with one attached hydrogen (secondary N) is 1. The molecule has 3 unspecified atom stereocenters. The van der Waals surface area contributed by atoms with Gasteiger partial charge in [-0.05, 0) is 23.3 Å². The third-order valence-electron chi connectivity index (χ3n) is 4.62. The summed E-state index contributed by atoms with van der Waals surface area (Å²) < 4.78 is 0. The van der Waals surface area contributed by atoms with Crippen molar-refractivity contribution in [3.63, 3.8) is 0 Å². The summed E-state index contributed by atoms with van der Waals surface area (Å²) in [4.78, 5) is 11.8. The van der Waals surface area contributed by atoms with Gasteiger partial charge in [0.2, 0.25) is 5.91 Å². The Hall–Kier alpha value is -1.35. The summed E-state index contributed by atoms with van der Waals surface area (Å²) in [5.74, 6) is 1.17. The van der Waals surface area contributed by atoms with Gasteiger partial charge >= 0.3 is 0 Å². The van der Waals surface area contributed by atoms with Gasteiger partial charge in [0.15, 0.2) is 0 Å². The van der Waals surface area contributed by atoms with E-state index in [-0.39, 0.29) is 11.8 Å². The zero-order valence-corrected chi connectivity index (χ0v) is 10.4. The average Bonchev–Trinajstić information content (AvgIpc) is 2.93. The van der Waals surface area contributed by atoms with Crippen LogP contribution in [0.4, 0.5) is 0 Å². The molecule has 2 N–H and O–H groups in total. The Bertz CT molecular complexity index is 425. The number of hydrogen-bond donors (Lipinski definition) is 2. The lowest BCUT2D eigenvalue weighted by Gasteiger charge is -2.07. The molecule has 2 aliphatic rings. The summed E-state index contributed by atoms with van der Waals surface area (Å²) in [6, 6.07) is 10.2. The molecule has 1 aromatic carbocycles. The van der Waals surface area contributed by atoms with E-state index in [1.54, 1.807) is 0 Å². The van der Waals surface area contributed by atoms with Crippen molar-refractivity contribution in [2.75, 3.05) is 0 Å². The van der Waals surface area contributed by atoms with Crippen LogP contribution in [0.25, 0.3) is 0 Å². The molecule has 0 spiro atoms. The number of carbonyl (C=O) groups is 1. The van der Waals surface area contributed by atoms with Gasteiger partial charge in [0.1, 0.15) is 0 Å². The summed E-state index contributed by atoms with van der Waals surface area (Å²) in [6.07, 6.45) is 5.05. The topological polar surface area (TPSA) is 49.3 Å². The van der Waals surface area contributed by atoms with Crippen LogP contribution >= 0.6 is 0 Å². The van der Waals surface area contributed by atoms with Crippen molar-refractivity contribution in [2.45, 2.75) is 31.6 Å². The molecule has 2 saturated carbocycles. The molecule has 18 heavy (non-hydrogen) atoms. The number of rotatable bonds is 3. The van der Waals surface area contributed by atoms with E-state index in [9.17, 15) is 4.79 Å². The third-order valence-corrected chi connectivity index (χ3v) is 4.62. The molecule has 1 amide bonds. The van der Waals surface area contributed by atoms with E-state index in [2.05, 4.69) is 12.1 Å². The van der Waals surface area contributed by atoms with Crippen molar-refractivity contribution in [3.8, 4) is 0 Å². The second kappa shape index (κ2) is 4.73. The first-order chi connectivity index (χ1) is 8.83. The molecule has 2 aliphatic carbocycles. The van der Waals surface area contributed by atoms with E-state index in [1.807, 2.05) is 23.7 Å². The first kappa shape index (κ1) is 11.7. The van der Waals surface area contributed by atoms with E-state index >= 15 is 0 Å². The first-order valence-electron chi connectivity index (χ1n) is 6.82. The molecule has 0 radical (unpaired) electrons. The van der Waals surface area contributed by atoms with Crippen LogP contribution in [0, 0.1) is 17.8 Å². The zero-order chi connectivity index (χ0) is 12.5. The molecular formula is C15H19NO2. The fraction of sp³-hybridized carbons (Fsp3) is 0.533. The molecule has 96 valence electrons. The molecule has 0 saturated heterocycles. The quantitative estimate of drug-likeness (QED) is 0.635. The Morgan fingerprint density at radius 1 is 1.17 bits per heavy atom. The molecule has 3 heteroatoms. The smallest absolute Gasteiger partial charge is 0.247 e. The number of carbonyl (C=O) groups excluding carboxylic acids is 1. The minimum atomic E-state index is -0.208. The minimum absolute atomic E-state index is 0.0273. The molecule has 3 nitrogen and oxygen atoms in total. The van der Waals surface area contributed by atoms with E-state index in [4.69, 9.17) is 5.21 Å². The number of hydroxylamine groups is 1. The second-order valence-electron chi connectivity index (χ2n) is 5.56. The third kappa shape index (κ3) is 1.93. The van der Waals surface area contributed by atoms with Gasteiger partial charge in [-0.25, -0.2) is 5.48 Å². The normalized spacial score (nSPS) is 31.3. The van der Waals surface area contributed by atoms with Crippen molar-refractivity contribution in [1.82, 2.24) is 5.48 Å². The minimum Gasteiger partial charge on any atom is -0.289 e. The van der Waals surface area contributed by atoms with E-state index in [0.717, 1.165) is 0 Å². The van der Waals surface area contributed by atoms with Crippen molar-refractivity contribution >= 4 is 5.91 Å². The zero-order valence-electron chi connectivity index (χ0n) is 10.4. The lowest BCUT2D eigenvalue weighted by atomic mass is 9.97. The van der Waals surface area contributed by atoms with Crippen LogP contribution in [0.15, 0.2) is 30.3 Å². The number of benzene rings is 1. The second-order valence-corrected chi connectivity index (χ2v) is 5.56. The van der Waals surface area contributed by atoms with E-state index in [1.165, 1.54) is 31.2 Å². The molecule has 0 heterocycles. The van der Waals surface area contributed by atoms with Gasteiger partial charge in [-0.15, -0.1) is 0 Å². The van der Waals surface area contributed by atoms with Crippen molar-refractivity contribution in [1.29, 1.82) is 0 Å². The largest absolute Gasteiger partial charge is 0.289 e. The summed E-state index contributed by atoms with van der Waals surface area (Å²) >= 11 is 0. The predicted molar refractivity (Wildman–Crippen MR) is 68.1 cm³/mol. The molecule has 0 aromatic heterocycles. The summed E-state index contributed by atoms with van der Waals surface area (Å²) in [6.45, 7) is 0. The molecule has 1 aromatic rings. The van der Waals surface area contributed by atoms with Gasteiger partial charge in [-0.1, -0.05) is 56.0 Å². The van der Waals surface area contributed by atoms with Gasteiger partial charge in [0, 0.05) is 0 Å². The number of amides is 1. The highest BCUT2D eigenvalue weighted by molar-refractivity contribution is 5.82. The van der Waals surface area contributed by atoms with Crippen LogP contribution in [0.5, 0.6) is 0 Å². The molecular weight excluding hydrogens is 226 g/mol. The fourth-order valence-electron chi connectivity index (χ4n) is 3.78. The Morgan fingerprint density at radius 2 is 1.83 bits per heavy atom. The predicted octanol–water partition coefficient (Wildman–Crippen LogP) is 2.71. The SMILES string of the molecule is O=C(NO)C1C(c2ccccc2)C1C1CCCC1. The van der Waals surface area contributed by atoms with Crippen LogP contribution in [-0.4, -0.2) is 11.1 Å². The monoisotopic (exact) mass is 245 g/mol. The van der Waals surface area contributed by atoms with Crippen LogP contribution in [0.3, 0.4) is 0 Å². The highest BCUT2D eigenvalue weighted by atomic mass is 16.5. The van der Waals surface area contributed by atoms with Crippen molar-refractivity contribution < 1.29 is 10.0 Å². The summed E-state index contributed by atoms with van der Waals surface area (Å²) in [5.41, 5.74) is 3.08. The lowest BCUT2D eigenvalue weighted by Crippen LogP contribution is -2.22. The van der Waals surface area contributed by atoms with Gasteiger partial charge < -0.3 is 0 Å². The Balaban J connectivity index is 1.81. The highest BCUT2D eigenvalue weighted by Crippen LogP contribution is 2.60. The lowest BCUT2D eigenvalue weighted by molar-refractivity contribution is -0.131. The Labute approximate surface area is 107 Å². The molecule has 3 rings (SSSR count). The van der Waals surface area contributed by atoms with Crippen LogP contribution < -0.4 is 5.48 Å². The molecule has 0 aliphatic heterocycles. The van der Waals surface area contributed by atoms with Gasteiger partial charge in [-0.2, -0.15) is 0 Å². The van der Waals surface area contributed by atoms with E-state index in [0.29, 0.717) is 17.8 Å².